The van der Waals surface area contributed by atoms with Gasteiger partial charge < -0.3 is 15.7 Å². The van der Waals surface area contributed by atoms with Crippen LogP contribution in [0.1, 0.15) is 18.9 Å². The largest absolute Gasteiger partial charge is 0.480 e. The van der Waals surface area contributed by atoms with Gasteiger partial charge in [0.15, 0.2) is 0 Å². The minimum Gasteiger partial charge on any atom is -0.480 e. The van der Waals surface area contributed by atoms with Gasteiger partial charge in [-0.1, -0.05) is 19.1 Å². The fourth-order valence-electron chi connectivity index (χ4n) is 1.34. The van der Waals surface area contributed by atoms with Gasteiger partial charge in [0.1, 0.15) is 12.1 Å². The summed E-state index contributed by atoms with van der Waals surface area (Å²) in [5.41, 5.74) is 0.661. The zero-order valence-electron chi connectivity index (χ0n) is 9.80. The molecule has 0 aliphatic heterocycles. The highest BCUT2D eigenvalue weighted by Gasteiger charge is 2.17. The summed E-state index contributed by atoms with van der Waals surface area (Å²) >= 11 is 0. The molecule has 0 bridgehead atoms. The van der Waals surface area contributed by atoms with Crippen LogP contribution in [-0.4, -0.2) is 23.1 Å². The van der Waals surface area contributed by atoms with Crippen molar-refractivity contribution in [1.82, 2.24) is 5.32 Å². The molecule has 1 aromatic rings. The molecule has 6 heteroatoms. The second-order valence-electron chi connectivity index (χ2n) is 3.55. The van der Waals surface area contributed by atoms with Crippen LogP contribution in [0.4, 0.5) is 10.5 Å². The van der Waals surface area contributed by atoms with E-state index in [1.54, 1.807) is 31.2 Å². The van der Waals surface area contributed by atoms with Crippen LogP contribution in [0.25, 0.3) is 0 Å². The summed E-state index contributed by atoms with van der Waals surface area (Å²) < 4.78 is 0. The molecule has 1 aromatic carbocycles. The second kappa shape index (κ2) is 6.25. The van der Waals surface area contributed by atoms with E-state index in [1.807, 2.05) is 6.07 Å². The first-order valence-corrected chi connectivity index (χ1v) is 5.38. The smallest absolute Gasteiger partial charge is 0.326 e. The summed E-state index contributed by atoms with van der Waals surface area (Å²) in [7, 11) is 0. The molecule has 0 aromatic heterocycles. The molecule has 18 heavy (non-hydrogen) atoms. The lowest BCUT2D eigenvalue weighted by Gasteiger charge is -2.13. The van der Waals surface area contributed by atoms with Gasteiger partial charge in [-0.2, -0.15) is 5.26 Å². The molecule has 0 saturated carbocycles. The number of amides is 2. The van der Waals surface area contributed by atoms with Crippen LogP contribution >= 0.6 is 0 Å². The second-order valence-corrected chi connectivity index (χ2v) is 3.55. The predicted octanol–water partition coefficient (Wildman–Crippen LogP) is 1.54. The lowest BCUT2D eigenvalue weighted by molar-refractivity contribution is -0.139. The first-order chi connectivity index (χ1) is 8.58. The van der Waals surface area contributed by atoms with E-state index >= 15 is 0 Å². The molecule has 0 saturated heterocycles. The van der Waals surface area contributed by atoms with Crippen LogP contribution in [0, 0.1) is 11.3 Å². The minimum absolute atomic E-state index is 0.280. The summed E-state index contributed by atoms with van der Waals surface area (Å²) in [6.07, 6.45) is 0.280. The van der Waals surface area contributed by atoms with Crippen molar-refractivity contribution in [3.8, 4) is 6.07 Å². The number of carboxylic acids is 1. The molecular formula is C12H13N3O3. The summed E-state index contributed by atoms with van der Waals surface area (Å²) in [6.45, 7) is 1.66. The Morgan fingerprint density at radius 3 is 2.67 bits per heavy atom. The lowest BCUT2D eigenvalue weighted by atomic mass is 10.2. The van der Waals surface area contributed by atoms with Gasteiger partial charge in [-0.3, -0.25) is 0 Å². The van der Waals surface area contributed by atoms with Crippen molar-refractivity contribution in [1.29, 1.82) is 5.26 Å². The number of nitriles is 1. The normalized spacial score (nSPS) is 11.1. The highest BCUT2D eigenvalue weighted by atomic mass is 16.4. The molecule has 0 radical (unpaired) electrons. The third kappa shape index (κ3) is 3.49. The van der Waals surface area contributed by atoms with Crippen molar-refractivity contribution in [2.24, 2.45) is 0 Å². The van der Waals surface area contributed by atoms with E-state index in [2.05, 4.69) is 10.6 Å². The van der Waals surface area contributed by atoms with Crippen LogP contribution in [0.3, 0.4) is 0 Å². The van der Waals surface area contributed by atoms with Gasteiger partial charge in [0, 0.05) is 0 Å². The quantitative estimate of drug-likeness (QED) is 0.750. The molecule has 94 valence electrons. The number of nitrogens with one attached hydrogen (secondary N) is 2. The van der Waals surface area contributed by atoms with E-state index in [1.165, 1.54) is 0 Å². The first-order valence-electron chi connectivity index (χ1n) is 5.38. The lowest BCUT2D eigenvalue weighted by Crippen LogP contribution is -2.42. The van der Waals surface area contributed by atoms with E-state index in [0.717, 1.165) is 0 Å². The first kappa shape index (κ1) is 13.5. The Morgan fingerprint density at radius 2 is 2.11 bits per heavy atom. The number of para-hydroxylation sites is 1. The number of benzene rings is 1. The van der Waals surface area contributed by atoms with Crippen molar-refractivity contribution in [2.75, 3.05) is 5.32 Å². The monoisotopic (exact) mass is 247 g/mol. The maximum absolute atomic E-state index is 11.6. The standard InChI is InChI=1S/C12H13N3O3/c1-2-9(11(16)17)14-12(18)15-10-6-4-3-5-8(10)7-13/h3-6,9H,2H2,1H3,(H,16,17)(H2,14,15,18)/t9-/m0/s1. The molecule has 0 heterocycles. The van der Waals surface area contributed by atoms with E-state index in [9.17, 15) is 9.59 Å². The summed E-state index contributed by atoms with van der Waals surface area (Å²) in [5.74, 6) is -1.10. The Bertz CT molecular complexity index is 494. The van der Waals surface area contributed by atoms with Crippen LogP contribution < -0.4 is 10.6 Å². The SMILES string of the molecule is CC[C@H](NC(=O)Nc1ccccc1C#N)C(=O)O. The summed E-state index contributed by atoms with van der Waals surface area (Å²) in [4.78, 5) is 22.3. The molecule has 0 spiro atoms. The fraction of sp³-hybridized carbons (Fsp3) is 0.250. The average Bonchev–Trinajstić information content (AvgIpc) is 2.36. The zero-order valence-corrected chi connectivity index (χ0v) is 9.80. The Balaban J connectivity index is 2.71. The van der Waals surface area contributed by atoms with Gasteiger partial charge in [0.25, 0.3) is 0 Å². The maximum atomic E-state index is 11.6. The number of nitrogens with zero attached hydrogens (tertiary/aromatic N) is 1. The van der Waals surface area contributed by atoms with Gasteiger partial charge in [-0.05, 0) is 18.6 Å². The number of carbonyl (C=O) groups excluding carboxylic acids is 1. The van der Waals surface area contributed by atoms with Gasteiger partial charge in [-0.15, -0.1) is 0 Å². The number of aliphatic carboxylic acids is 1. The van der Waals surface area contributed by atoms with Gasteiger partial charge in [0.05, 0.1) is 11.3 Å². The van der Waals surface area contributed by atoms with Crippen LogP contribution in [0.15, 0.2) is 24.3 Å². The van der Waals surface area contributed by atoms with Crippen molar-refractivity contribution >= 4 is 17.7 Å². The number of anilines is 1. The Hall–Kier alpha value is -2.55. The van der Waals surface area contributed by atoms with E-state index in [0.29, 0.717) is 11.3 Å². The topological polar surface area (TPSA) is 102 Å². The molecule has 1 atom stereocenters. The van der Waals surface area contributed by atoms with Gasteiger partial charge >= 0.3 is 12.0 Å². The van der Waals surface area contributed by atoms with Crippen molar-refractivity contribution in [3.63, 3.8) is 0 Å². The van der Waals surface area contributed by atoms with Crippen LogP contribution in [0.2, 0.25) is 0 Å². The molecule has 0 unspecified atom stereocenters. The number of rotatable bonds is 4. The van der Waals surface area contributed by atoms with Gasteiger partial charge in [-0.25, -0.2) is 9.59 Å². The average molecular weight is 247 g/mol. The molecule has 0 aliphatic rings. The van der Waals surface area contributed by atoms with Gasteiger partial charge in [0.2, 0.25) is 0 Å². The molecule has 6 nitrogen and oxygen atoms in total. The molecule has 2 amide bonds. The van der Waals surface area contributed by atoms with Crippen molar-refractivity contribution in [2.45, 2.75) is 19.4 Å². The van der Waals surface area contributed by atoms with Crippen LogP contribution in [0.5, 0.6) is 0 Å². The highest BCUT2D eigenvalue weighted by Crippen LogP contribution is 2.13. The minimum atomic E-state index is -1.10. The zero-order chi connectivity index (χ0) is 13.5. The molecule has 0 aliphatic carbocycles. The highest BCUT2D eigenvalue weighted by molar-refractivity contribution is 5.93. The number of hydrogen-bond donors (Lipinski definition) is 3. The van der Waals surface area contributed by atoms with Crippen molar-refractivity contribution < 1.29 is 14.7 Å². The molecule has 0 fully saturated rings. The molecule has 1 rings (SSSR count). The summed E-state index contributed by atoms with van der Waals surface area (Å²) in [5, 5.41) is 22.4. The predicted molar refractivity (Wildman–Crippen MR) is 65.0 cm³/mol. The third-order valence-electron chi connectivity index (χ3n) is 2.31. The number of carboxylic acid groups (broad SMARTS) is 1. The third-order valence-corrected chi connectivity index (χ3v) is 2.31. The Morgan fingerprint density at radius 1 is 1.44 bits per heavy atom. The Labute approximate surface area is 104 Å². The summed E-state index contributed by atoms with van der Waals surface area (Å²) in [6, 6.07) is 6.82. The Kier molecular flexibility index (Phi) is 4.69. The number of hydrogen-bond acceptors (Lipinski definition) is 3. The van der Waals surface area contributed by atoms with E-state index in [4.69, 9.17) is 10.4 Å². The number of urea groups is 1. The number of carbonyl (C=O) groups is 2. The maximum Gasteiger partial charge on any atom is 0.326 e. The van der Waals surface area contributed by atoms with E-state index in [-0.39, 0.29) is 6.42 Å². The molecule has 3 N–H and O–H groups in total. The molecular weight excluding hydrogens is 234 g/mol. The van der Waals surface area contributed by atoms with Crippen molar-refractivity contribution in [3.05, 3.63) is 29.8 Å². The van der Waals surface area contributed by atoms with E-state index < -0.39 is 18.0 Å². The fourth-order valence-corrected chi connectivity index (χ4v) is 1.34. The van der Waals surface area contributed by atoms with Crippen LogP contribution in [-0.2, 0) is 4.79 Å².